The van der Waals surface area contributed by atoms with Crippen LogP contribution in [0.1, 0.15) is 46.0 Å². The molecule has 0 aliphatic carbocycles. The van der Waals surface area contributed by atoms with Gasteiger partial charge in [-0.2, -0.15) is 0 Å². The molecule has 6 heteroatoms. The highest BCUT2D eigenvalue weighted by Gasteiger charge is 2.13. The maximum Gasteiger partial charge on any atom is 0.270 e. The molecule has 0 saturated heterocycles. The Morgan fingerprint density at radius 1 is 0.931 bits per heavy atom. The molecule has 2 heterocycles. The van der Waals surface area contributed by atoms with Crippen LogP contribution in [0.4, 0.5) is 0 Å². The molecule has 0 aliphatic rings. The van der Waals surface area contributed by atoms with E-state index in [-0.39, 0.29) is 29.2 Å². The third-order valence-corrected chi connectivity index (χ3v) is 4.26. The zero-order chi connectivity index (χ0) is 20.8. The van der Waals surface area contributed by atoms with Crippen molar-refractivity contribution in [3.05, 3.63) is 83.3 Å². The Balaban J connectivity index is 1.62. The molecule has 6 nitrogen and oxygen atoms in total. The van der Waals surface area contributed by atoms with Crippen LogP contribution in [0.25, 0.3) is 11.3 Å². The van der Waals surface area contributed by atoms with Gasteiger partial charge in [-0.25, -0.2) is 4.98 Å². The molecule has 2 aromatic heterocycles. The molecule has 0 aliphatic heterocycles. The molecule has 0 unspecified atom stereocenters. The predicted octanol–water partition coefficient (Wildman–Crippen LogP) is 3.52. The van der Waals surface area contributed by atoms with E-state index in [0.717, 1.165) is 16.8 Å². The van der Waals surface area contributed by atoms with Crippen LogP contribution in [0, 0.1) is 6.92 Å². The van der Waals surface area contributed by atoms with Gasteiger partial charge in [-0.1, -0.05) is 42.0 Å². The van der Waals surface area contributed by atoms with Crippen molar-refractivity contribution < 1.29 is 9.59 Å². The zero-order valence-corrected chi connectivity index (χ0v) is 16.8. The summed E-state index contributed by atoms with van der Waals surface area (Å²) in [6, 6.07) is 16.8. The number of pyridine rings is 2. The van der Waals surface area contributed by atoms with Crippen LogP contribution in [0.15, 0.2) is 60.8 Å². The average Bonchev–Trinajstić information content (AvgIpc) is 2.72. The molecule has 2 N–H and O–H groups in total. The van der Waals surface area contributed by atoms with Gasteiger partial charge in [0, 0.05) is 24.3 Å². The molecule has 0 bridgehead atoms. The third-order valence-electron chi connectivity index (χ3n) is 4.26. The third kappa shape index (κ3) is 5.48. The van der Waals surface area contributed by atoms with Crippen molar-refractivity contribution in [1.82, 2.24) is 20.6 Å². The molecule has 0 spiro atoms. The minimum Gasteiger partial charge on any atom is -0.349 e. The lowest BCUT2D eigenvalue weighted by Crippen LogP contribution is -2.31. The highest BCUT2D eigenvalue weighted by Crippen LogP contribution is 2.17. The van der Waals surface area contributed by atoms with Crippen LogP contribution < -0.4 is 10.6 Å². The van der Waals surface area contributed by atoms with Gasteiger partial charge in [-0.15, -0.1) is 0 Å². The van der Waals surface area contributed by atoms with E-state index in [2.05, 4.69) is 20.6 Å². The van der Waals surface area contributed by atoms with Crippen molar-refractivity contribution in [1.29, 1.82) is 0 Å². The Kier molecular flexibility index (Phi) is 6.34. The lowest BCUT2D eigenvalue weighted by atomic mass is 10.1. The van der Waals surface area contributed by atoms with Gasteiger partial charge in [-0.3, -0.25) is 14.6 Å². The Morgan fingerprint density at radius 3 is 2.24 bits per heavy atom. The topological polar surface area (TPSA) is 84.0 Å². The number of rotatable bonds is 6. The summed E-state index contributed by atoms with van der Waals surface area (Å²) in [4.78, 5) is 33.1. The first-order valence-corrected chi connectivity index (χ1v) is 9.50. The maximum absolute atomic E-state index is 12.4. The molecule has 29 heavy (non-hydrogen) atoms. The first kappa shape index (κ1) is 20.2. The van der Waals surface area contributed by atoms with Crippen LogP contribution in [0.2, 0.25) is 0 Å². The van der Waals surface area contributed by atoms with E-state index in [1.807, 2.05) is 57.2 Å². The van der Waals surface area contributed by atoms with Gasteiger partial charge in [0.2, 0.25) is 0 Å². The molecular formula is C23H24N4O2. The summed E-state index contributed by atoms with van der Waals surface area (Å²) < 4.78 is 0. The normalized spacial score (nSPS) is 10.6. The van der Waals surface area contributed by atoms with E-state index in [1.54, 1.807) is 24.4 Å². The number of hydrogen-bond acceptors (Lipinski definition) is 4. The predicted molar refractivity (Wildman–Crippen MR) is 112 cm³/mol. The highest BCUT2D eigenvalue weighted by molar-refractivity contribution is 5.96. The minimum atomic E-state index is -0.341. The summed E-state index contributed by atoms with van der Waals surface area (Å²) in [7, 11) is 0. The van der Waals surface area contributed by atoms with Crippen molar-refractivity contribution in [2.75, 3.05) is 0 Å². The largest absolute Gasteiger partial charge is 0.349 e. The van der Waals surface area contributed by atoms with Gasteiger partial charge in [0.25, 0.3) is 11.8 Å². The molecule has 0 atom stereocenters. The van der Waals surface area contributed by atoms with E-state index in [4.69, 9.17) is 0 Å². The van der Waals surface area contributed by atoms with Gasteiger partial charge in [0.05, 0.1) is 5.69 Å². The van der Waals surface area contributed by atoms with Gasteiger partial charge in [0.1, 0.15) is 11.4 Å². The first-order valence-electron chi connectivity index (χ1n) is 9.50. The standard InChI is InChI=1S/C23H24N4O2/c1-15(2)26-23(29)21-6-4-5-20(27-21)22(28)25-14-17-9-12-19(24-13-17)18-10-7-16(3)8-11-18/h4-13,15H,14H2,1-3H3,(H,25,28)(H,26,29). The average molecular weight is 388 g/mol. The number of carbonyl (C=O) groups is 2. The molecule has 1 aromatic carbocycles. The number of aromatic nitrogens is 2. The highest BCUT2D eigenvalue weighted by atomic mass is 16.2. The molecule has 2 amide bonds. The number of benzene rings is 1. The quantitative estimate of drug-likeness (QED) is 0.677. The van der Waals surface area contributed by atoms with E-state index >= 15 is 0 Å². The Labute approximate surface area is 170 Å². The van der Waals surface area contributed by atoms with Crippen LogP contribution in [-0.2, 0) is 6.54 Å². The fourth-order valence-corrected chi connectivity index (χ4v) is 2.72. The fraction of sp³-hybridized carbons (Fsp3) is 0.217. The van der Waals surface area contributed by atoms with E-state index in [9.17, 15) is 9.59 Å². The number of nitrogens with one attached hydrogen (secondary N) is 2. The second-order valence-electron chi connectivity index (χ2n) is 7.14. The summed E-state index contributed by atoms with van der Waals surface area (Å²) in [5.41, 5.74) is 4.42. The van der Waals surface area contributed by atoms with Crippen molar-refractivity contribution in [3.63, 3.8) is 0 Å². The van der Waals surface area contributed by atoms with E-state index in [0.29, 0.717) is 6.54 Å². The zero-order valence-electron chi connectivity index (χ0n) is 16.8. The Bertz CT molecular complexity index is 996. The summed E-state index contributed by atoms with van der Waals surface area (Å²) >= 11 is 0. The van der Waals surface area contributed by atoms with Gasteiger partial charge < -0.3 is 10.6 Å². The van der Waals surface area contributed by atoms with Crippen molar-refractivity contribution in [2.24, 2.45) is 0 Å². The number of hydrogen-bond donors (Lipinski definition) is 2. The fourth-order valence-electron chi connectivity index (χ4n) is 2.72. The molecule has 0 radical (unpaired) electrons. The van der Waals surface area contributed by atoms with Crippen LogP contribution >= 0.6 is 0 Å². The maximum atomic E-state index is 12.4. The van der Waals surface area contributed by atoms with Crippen LogP contribution in [0.3, 0.4) is 0 Å². The van der Waals surface area contributed by atoms with Crippen molar-refractivity contribution in [2.45, 2.75) is 33.4 Å². The van der Waals surface area contributed by atoms with E-state index in [1.165, 1.54) is 5.56 Å². The Morgan fingerprint density at radius 2 is 1.62 bits per heavy atom. The summed E-state index contributed by atoms with van der Waals surface area (Å²) in [6.07, 6.45) is 1.75. The number of nitrogens with zero attached hydrogens (tertiary/aromatic N) is 2. The summed E-state index contributed by atoms with van der Waals surface area (Å²) in [5, 5.41) is 5.58. The number of amides is 2. The monoisotopic (exact) mass is 388 g/mol. The summed E-state index contributed by atoms with van der Waals surface area (Å²) in [6.45, 7) is 6.10. The lowest BCUT2D eigenvalue weighted by Gasteiger charge is -2.09. The smallest absolute Gasteiger partial charge is 0.270 e. The van der Waals surface area contributed by atoms with Gasteiger partial charge >= 0.3 is 0 Å². The molecular weight excluding hydrogens is 364 g/mol. The van der Waals surface area contributed by atoms with Gasteiger partial charge in [0.15, 0.2) is 0 Å². The summed E-state index contributed by atoms with van der Waals surface area (Å²) in [5.74, 6) is -0.641. The second-order valence-corrected chi connectivity index (χ2v) is 7.14. The molecule has 0 saturated carbocycles. The lowest BCUT2D eigenvalue weighted by molar-refractivity contribution is 0.0936. The number of aryl methyl sites for hydroxylation is 1. The molecule has 3 rings (SSSR count). The molecule has 148 valence electrons. The van der Waals surface area contributed by atoms with Crippen molar-refractivity contribution >= 4 is 11.8 Å². The first-order chi connectivity index (χ1) is 13.9. The Hall–Kier alpha value is -3.54. The van der Waals surface area contributed by atoms with Crippen LogP contribution in [0.5, 0.6) is 0 Å². The minimum absolute atomic E-state index is 0.00263. The molecule has 3 aromatic rings. The van der Waals surface area contributed by atoms with Crippen LogP contribution in [-0.4, -0.2) is 27.8 Å². The van der Waals surface area contributed by atoms with Crippen molar-refractivity contribution in [3.8, 4) is 11.3 Å². The van der Waals surface area contributed by atoms with Gasteiger partial charge in [-0.05, 0) is 44.5 Å². The number of carbonyl (C=O) groups excluding carboxylic acids is 2. The second kappa shape index (κ2) is 9.10. The SMILES string of the molecule is Cc1ccc(-c2ccc(CNC(=O)c3cccc(C(=O)NC(C)C)n3)cn2)cc1. The molecule has 0 fully saturated rings. The van der Waals surface area contributed by atoms with E-state index < -0.39 is 0 Å².